The molecule has 0 bridgehead atoms. The van der Waals surface area contributed by atoms with E-state index in [0.717, 1.165) is 5.56 Å². The van der Waals surface area contributed by atoms with Crippen LogP contribution < -0.4 is 10.1 Å². The lowest BCUT2D eigenvalue weighted by Gasteiger charge is -2.15. The fourth-order valence-corrected chi connectivity index (χ4v) is 2.41. The Balaban J connectivity index is 1.83. The van der Waals surface area contributed by atoms with E-state index in [1.54, 1.807) is 24.3 Å². The summed E-state index contributed by atoms with van der Waals surface area (Å²) in [7, 11) is 0. The number of anilines is 1. The molecule has 1 unspecified atom stereocenters. The van der Waals surface area contributed by atoms with Crippen molar-refractivity contribution in [1.82, 2.24) is 0 Å². The molecule has 2 aromatic carbocycles. The van der Waals surface area contributed by atoms with Gasteiger partial charge in [0.25, 0.3) is 5.91 Å². The minimum atomic E-state index is -0.990. The molecule has 1 amide bonds. The number of carbonyl (C=O) groups excluding carboxylic acids is 3. The number of hydrogen-bond acceptors (Lipinski definition) is 5. The molecule has 0 fully saturated rings. The van der Waals surface area contributed by atoms with Crippen LogP contribution in [0.15, 0.2) is 48.5 Å². The lowest BCUT2D eigenvalue weighted by molar-refractivity contribution is -0.153. The minimum absolute atomic E-state index is 0.0238. The monoisotopic (exact) mass is 369 g/mol. The normalized spacial score (nSPS) is 11.4. The smallest absolute Gasteiger partial charge is 0.310 e. The first kappa shape index (κ1) is 20.2. The summed E-state index contributed by atoms with van der Waals surface area (Å²) in [4.78, 5) is 35.8. The maximum atomic E-state index is 12.2. The van der Waals surface area contributed by atoms with Crippen molar-refractivity contribution >= 4 is 23.3 Å². The SMILES string of the molecule is CC(=O)c1ccccc1NC(=O)C(C)OC(=O)CCOc1ccccc1C. The zero-order chi connectivity index (χ0) is 19.8. The van der Waals surface area contributed by atoms with E-state index in [2.05, 4.69) is 5.32 Å². The molecule has 142 valence electrons. The van der Waals surface area contributed by atoms with Crippen molar-refractivity contribution in [1.29, 1.82) is 0 Å². The molecule has 0 spiro atoms. The van der Waals surface area contributed by atoms with E-state index >= 15 is 0 Å². The Morgan fingerprint density at radius 3 is 2.41 bits per heavy atom. The molecule has 0 aliphatic rings. The molecule has 0 aromatic heterocycles. The molecule has 0 aliphatic carbocycles. The Bertz CT molecular complexity index is 831. The number of hydrogen-bond donors (Lipinski definition) is 1. The van der Waals surface area contributed by atoms with Crippen LogP contribution in [0.5, 0.6) is 5.75 Å². The Labute approximate surface area is 158 Å². The van der Waals surface area contributed by atoms with Crippen LogP contribution in [0.4, 0.5) is 5.69 Å². The molecule has 2 rings (SSSR count). The van der Waals surface area contributed by atoms with Gasteiger partial charge in [-0.05, 0) is 44.5 Å². The largest absolute Gasteiger partial charge is 0.493 e. The van der Waals surface area contributed by atoms with E-state index in [-0.39, 0.29) is 18.8 Å². The molecule has 0 aliphatic heterocycles. The van der Waals surface area contributed by atoms with Crippen LogP contribution in [0.25, 0.3) is 0 Å². The second-order valence-corrected chi connectivity index (χ2v) is 6.09. The van der Waals surface area contributed by atoms with Crippen molar-refractivity contribution in [2.75, 3.05) is 11.9 Å². The number of esters is 1. The summed E-state index contributed by atoms with van der Waals surface area (Å²) in [6, 6.07) is 14.2. The number of amides is 1. The predicted octanol–water partition coefficient (Wildman–Crippen LogP) is 3.54. The van der Waals surface area contributed by atoms with Gasteiger partial charge >= 0.3 is 5.97 Å². The first-order valence-corrected chi connectivity index (χ1v) is 8.67. The second-order valence-electron chi connectivity index (χ2n) is 6.09. The molecule has 27 heavy (non-hydrogen) atoms. The fourth-order valence-electron chi connectivity index (χ4n) is 2.41. The van der Waals surface area contributed by atoms with Gasteiger partial charge in [0.05, 0.1) is 18.7 Å². The van der Waals surface area contributed by atoms with Gasteiger partial charge in [-0.3, -0.25) is 14.4 Å². The summed E-state index contributed by atoms with van der Waals surface area (Å²) in [6.45, 7) is 4.97. The van der Waals surface area contributed by atoms with Crippen molar-refractivity contribution in [3.63, 3.8) is 0 Å². The summed E-state index contributed by atoms with van der Waals surface area (Å²) in [5.74, 6) is -0.496. The third-order valence-electron chi connectivity index (χ3n) is 3.90. The summed E-state index contributed by atoms with van der Waals surface area (Å²) in [5, 5.41) is 2.62. The number of para-hydroxylation sites is 2. The van der Waals surface area contributed by atoms with Gasteiger partial charge in [-0.25, -0.2) is 0 Å². The number of ketones is 1. The highest BCUT2D eigenvalue weighted by molar-refractivity contribution is 6.04. The van der Waals surface area contributed by atoms with Crippen LogP contribution in [0, 0.1) is 6.92 Å². The summed E-state index contributed by atoms with van der Waals surface area (Å²) in [5.41, 5.74) is 1.76. The molecule has 6 nitrogen and oxygen atoms in total. The average molecular weight is 369 g/mol. The maximum absolute atomic E-state index is 12.2. The summed E-state index contributed by atoms with van der Waals surface area (Å²) in [6.07, 6.45) is -0.966. The average Bonchev–Trinajstić information content (AvgIpc) is 2.63. The van der Waals surface area contributed by atoms with Gasteiger partial charge in [-0.2, -0.15) is 0 Å². The first-order chi connectivity index (χ1) is 12.9. The van der Waals surface area contributed by atoms with Crippen molar-refractivity contribution in [3.05, 3.63) is 59.7 Å². The van der Waals surface area contributed by atoms with E-state index in [9.17, 15) is 14.4 Å². The van der Waals surface area contributed by atoms with Crippen LogP contribution in [0.1, 0.15) is 36.2 Å². The third-order valence-corrected chi connectivity index (χ3v) is 3.90. The highest BCUT2D eigenvalue weighted by Gasteiger charge is 2.19. The van der Waals surface area contributed by atoms with Crippen molar-refractivity contribution in [2.24, 2.45) is 0 Å². The molecule has 1 atom stereocenters. The number of carbonyl (C=O) groups is 3. The number of benzene rings is 2. The number of aryl methyl sites for hydroxylation is 1. The fraction of sp³-hybridized carbons (Fsp3) is 0.286. The number of nitrogens with one attached hydrogen (secondary N) is 1. The molecule has 0 saturated carbocycles. The van der Waals surface area contributed by atoms with E-state index in [1.165, 1.54) is 13.8 Å². The van der Waals surface area contributed by atoms with E-state index < -0.39 is 18.0 Å². The molecule has 0 saturated heterocycles. The maximum Gasteiger partial charge on any atom is 0.310 e. The van der Waals surface area contributed by atoms with Crippen LogP contribution >= 0.6 is 0 Å². The summed E-state index contributed by atoms with van der Waals surface area (Å²) < 4.78 is 10.7. The Morgan fingerprint density at radius 1 is 1.04 bits per heavy atom. The standard InChI is InChI=1S/C21H23NO5/c1-14-8-4-7-11-19(14)26-13-12-20(24)27-16(3)21(25)22-18-10-6-5-9-17(18)15(2)23/h4-11,16H,12-13H2,1-3H3,(H,22,25). The highest BCUT2D eigenvalue weighted by Crippen LogP contribution is 2.17. The molecular formula is C21H23NO5. The van der Waals surface area contributed by atoms with Gasteiger partial charge in [0.15, 0.2) is 11.9 Å². The van der Waals surface area contributed by atoms with Gasteiger partial charge in [0, 0.05) is 5.56 Å². The molecule has 2 aromatic rings. The molecule has 6 heteroatoms. The quantitative estimate of drug-likeness (QED) is 0.568. The Morgan fingerprint density at radius 2 is 1.70 bits per heavy atom. The minimum Gasteiger partial charge on any atom is -0.493 e. The van der Waals surface area contributed by atoms with Gasteiger partial charge in [0.1, 0.15) is 5.75 Å². The Hall–Kier alpha value is -3.15. The molecule has 0 heterocycles. The number of Topliss-reactive ketones (excluding diaryl/α,β-unsaturated/α-hetero) is 1. The van der Waals surface area contributed by atoms with Gasteiger partial charge in [-0.1, -0.05) is 30.3 Å². The van der Waals surface area contributed by atoms with E-state index in [1.807, 2.05) is 31.2 Å². The number of ether oxygens (including phenoxy) is 2. The lowest BCUT2D eigenvalue weighted by atomic mass is 10.1. The molecule has 1 N–H and O–H groups in total. The molecule has 0 radical (unpaired) electrons. The van der Waals surface area contributed by atoms with E-state index in [0.29, 0.717) is 17.0 Å². The van der Waals surface area contributed by atoms with Crippen LogP contribution in [-0.2, 0) is 14.3 Å². The van der Waals surface area contributed by atoms with Gasteiger partial charge < -0.3 is 14.8 Å². The second kappa shape index (κ2) is 9.52. The zero-order valence-corrected chi connectivity index (χ0v) is 15.7. The van der Waals surface area contributed by atoms with Crippen LogP contribution in [0.3, 0.4) is 0 Å². The highest BCUT2D eigenvalue weighted by atomic mass is 16.5. The van der Waals surface area contributed by atoms with E-state index in [4.69, 9.17) is 9.47 Å². The van der Waals surface area contributed by atoms with Gasteiger partial charge in [-0.15, -0.1) is 0 Å². The van der Waals surface area contributed by atoms with Gasteiger partial charge in [0.2, 0.25) is 0 Å². The lowest BCUT2D eigenvalue weighted by Crippen LogP contribution is -2.30. The Kier molecular flexibility index (Phi) is 7.11. The topological polar surface area (TPSA) is 81.7 Å². The first-order valence-electron chi connectivity index (χ1n) is 8.67. The molecular weight excluding hydrogens is 346 g/mol. The van der Waals surface area contributed by atoms with Crippen LogP contribution in [0.2, 0.25) is 0 Å². The van der Waals surface area contributed by atoms with Crippen molar-refractivity contribution in [2.45, 2.75) is 33.3 Å². The summed E-state index contributed by atoms with van der Waals surface area (Å²) >= 11 is 0. The number of rotatable bonds is 8. The van der Waals surface area contributed by atoms with Crippen molar-refractivity contribution < 1.29 is 23.9 Å². The predicted molar refractivity (Wildman–Crippen MR) is 102 cm³/mol. The van der Waals surface area contributed by atoms with Crippen LogP contribution in [-0.4, -0.2) is 30.4 Å². The van der Waals surface area contributed by atoms with Crippen molar-refractivity contribution in [3.8, 4) is 5.75 Å². The zero-order valence-electron chi connectivity index (χ0n) is 15.7. The third kappa shape index (κ3) is 5.95.